The molecular formula is C24H24N2O3S. The van der Waals surface area contributed by atoms with E-state index in [9.17, 15) is 9.59 Å². The van der Waals surface area contributed by atoms with Crippen molar-refractivity contribution in [2.75, 3.05) is 5.75 Å². The van der Waals surface area contributed by atoms with Crippen molar-refractivity contribution in [2.45, 2.75) is 36.7 Å². The molecule has 2 aromatic carbocycles. The number of fused-ring (bicyclic) bond motifs is 1. The number of benzene rings is 2. The van der Waals surface area contributed by atoms with Gasteiger partial charge in [-0.2, -0.15) is 0 Å². The topological polar surface area (TPSA) is 71.3 Å². The zero-order chi connectivity index (χ0) is 20.8. The molecule has 3 aromatic rings. The molecule has 6 heteroatoms. The van der Waals surface area contributed by atoms with E-state index in [4.69, 9.17) is 4.42 Å². The predicted molar refractivity (Wildman–Crippen MR) is 117 cm³/mol. The zero-order valence-corrected chi connectivity index (χ0v) is 17.4. The summed E-state index contributed by atoms with van der Waals surface area (Å²) in [6.07, 6.45) is 4.64. The van der Waals surface area contributed by atoms with E-state index >= 15 is 0 Å². The van der Waals surface area contributed by atoms with E-state index in [1.165, 1.54) is 22.9 Å². The number of hydrogen-bond donors (Lipinski definition) is 2. The van der Waals surface area contributed by atoms with E-state index in [0.717, 1.165) is 24.2 Å². The number of carbonyl (C=O) groups excluding carboxylic acids is 2. The molecule has 2 N–H and O–H groups in total. The zero-order valence-electron chi connectivity index (χ0n) is 16.6. The van der Waals surface area contributed by atoms with Gasteiger partial charge >= 0.3 is 0 Å². The Bertz CT molecular complexity index is 1020. The van der Waals surface area contributed by atoms with Crippen molar-refractivity contribution in [2.24, 2.45) is 0 Å². The van der Waals surface area contributed by atoms with Crippen molar-refractivity contribution in [3.8, 4) is 0 Å². The number of rotatable bonds is 7. The van der Waals surface area contributed by atoms with Gasteiger partial charge in [0.25, 0.3) is 5.91 Å². The van der Waals surface area contributed by atoms with Gasteiger partial charge in [-0.25, -0.2) is 0 Å². The molecule has 0 bridgehead atoms. The average molecular weight is 421 g/mol. The summed E-state index contributed by atoms with van der Waals surface area (Å²) in [4.78, 5) is 26.0. The molecule has 1 heterocycles. The third-order valence-corrected chi connectivity index (χ3v) is 6.28. The Morgan fingerprint density at radius 1 is 1.03 bits per heavy atom. The molecule has 0 saturated carbocycles. The number of thioether (sulfide) groups is 1. The van der Waals surface area contributed by atoms with E-state index in [1.54, 1.807) is 12.3 Å². The maximum absolute atomic E-state index is 13.0. The van der Waals surface area contributed by atoms with Crippen LogP contribution >= 0.6 is 11.8 Å². The number of nitrogens with one attached hydrogen (secondary N) is 2. The fourth-order valence-corrected chi connectivity index (χ4v) is 4.59. The van der Waals surface area contributed by atoms with E-state index in [2.05, 4.69) is 22.8 Å². The van der Waals surface area contributed by atoms with Crippen LogP contribution in [0.25, 0.3) is 0 Å². The number of furan rings is 1. The highest BCUT2D eigenvalue weighted by molar-refractivity contribution is 8.00. The Labute approximate surface area is 180 Å². The van der Waals surface area contributed by atoms with Gasteiger partial charge in [0.1, 0.15) is 5.76 Å². The lowest BCUT2D eigenvalue weighted by atomic mass is 9.87. The van der Waals surface area contributed by atoms with Gasteiger partial charge in [0.2, 0.25) is 5.91 Å². The summed E-state index contributed by atoms with van der Waals surface area (Å²) >= 11 is 1.36. The lowest BCUT2D eigenvalue weighted by Crippen LogP contribution is -2.31. The minimum absolute atomic E-state index is 0.0251. The summed E-state index contributed by atoms with van der Waals surface area (Å²) in [5.41, 5.74) is 3.12. The minimum atomic E-state index is -0.104. The van der Waals surface area contributed by atoms with Crippen molar-refractivity contribution >= 4 is 23.6 Å². The Morgan fingerprint density at radius 3 is 2.73 bits per heavy atom. The Morgan fingerprint density at radius 2 is 1.87 bits per heavy atom. The first-order valence-corrected chi connectivity index (χ1v) is 11.1. The molecule has 0 unspecified atom stereocenters. The van der Waals surface area contributed by atoms with Crippen molar-refractivity contribution in [3.05, 3.63) is 89.4 Å². The number of hydrogen-bond acceptors (Lipinski definition) is 4. The van der Waals surface area contributed by atoms with Crippen LogP contribution in [0.5, 0.6) is 0 Å². The molecule has 1 aliphatic rings. The summed E-state index contributed by atoms with van der Waals surface area (Å²) in [6.45, 7) is 0.357. The molecule has 2 amide bonds. The normalized spacial score (nSPS) is 15.3. The predicted octanol–water partition coefficient (Wildman–Crippen LogP) is 4.50. The first kappa shape index (κ1) is 20.3. The second kappa shape index (κ2) is 9.67. The molecular weight excluding hydrogens is 396 g/mol. The fraction of sp³-hybridized carbons (Fsp3) is 0.250. The molecule has 0 radical (unpaired) electrons. The van der Waals surface area contributed by atoms with Crippen molar-refractivity contribution in [1.29, 1.82) is 0 Å². The highest BCUT2D eigenvalue weighted by Gasteiger charge is 2.23. The Balaban J connectivity index is 1.38. The Kier molecular flexibility index (Phi) is 6.54. The van der Waals surface area contributed by atoms with E-state index in [1.807, 2.05) is 42.5 Å². The maximum atomic E-state index is 13.0. The van der Waals surface area contributed by atoms with Gasteiger partial charge in [-0.1, -0.05) is 36.4 Å². The monoisotopic (exact) mass is 420 g/mol. The van der Waals surface area contributed by atoms with Gasteiger partial charge in [-0.05, 0) is 54.7 Å². The molecule has 1 aliphatic carbocycles. The molecule has 5 nitrogen and oxygen atoms in total. The number of amides is 2. The molecule has 30 heavy (non-hydrogen) atoms. The van der Waals surface area contributed by atoms with Gasteiger partial charge < -0.3 is 15.1 Å². The van der Waals surface area contributed by atoms with Gasteiger partial charge in [-0.15, -0.1) is 11.8 Å². The molecule has 0 saturated heterocycles. The molecule has 1 aromatic heterocycles. The van der Waals surface area contributed by atoms with Crippen LogP contribution in [-0.2, 0) is 17.8 Å². The molecule has 4 rings (SSSR count). The second-order valence-corrected chi connectivity index (χ2v) is 8.28. The van der Waals surface area contributed by atoms with Gasteiger partial charge in [0, 0.05) is 4.90 Å². The van der Waals surface area contributed by atoms with Crippen LogP contribution in [0.3, 0.4) is 0 Å². The largest absolute Gasteiger partial charge is 0.467 e. The summed E-state index contributed by atoms with van der Waals surface area (Å²) in [5, 5.41) is 6.02. The molecule has 154 valence electrons. The fourth-order valence-electron chi connectivity index (χ4n) is 3.71. The van der Waals surface area contributed by atoms with Crippen molar-refractivity contribution < 1.29 is 14.0 Å². The number of carbonyl (C=O) groups is 2. The smallest absolute Gasteiger partial charge is 0.252 e. The summed E-state index contributed by atoms with van der Waals surface area (Å²) in [6, 6.07) is 19.4. The standard InChI is InChI=1S/C24H24N2O3S/c27-23(25-15-18-9-6-14-29-18)16-30-22-13-4-3-11-20(22)24(28)26-21-12-5-8-17-7-1-2-10-19(17)21/h1-4,6-7,9-11,13-14,21H,5,8,12,15-16H2,(H,25,27)(H,26,28)/t21-/m1/s1. The quantitative estimate of drug-likeness (QED) is 0.552. The van der Waals surface area contributed by atoms with E-state index < -0.39 is 0 Å². The van der Waals surface area contributed by atoms with E-state index in [0.29, 0.717) is 17.9 Å². The highest BCUT2D eigenvalue weighted by Crippen LogP contribution is 2.30. The third kappa shape index (κ3) is 4.94. The SMILES string of the molecule is O=C(CSc1ccccc1C(=O)N[C@@H]1CCCc2ccccc21)NCc1ccco1. The summed E-state index contributed by atoms with van der Waals surface area (Å²) < 4.78 is 5.22. The minimum Gasteiger partial charge on any atom is -0.467 e. The molecule has 0 aliphatic heterocycles. The molecule has 0 spiro atoms. The van der Waals surface area contributed by atoms with Crippen LogP contribution < -0.4 is 10.6 Å². The summed E-state index contributed by atoms with van der Waals surface area (Å²) in [7, 11) is 0. The highest BCUT2D eigenvalue weighted by atomic mass is 32.2. The molecule has 1 atom stereocenters. The maximum Gasteiger partial charge on any atom is 0.252 e. The van der Waals surface area contributed by atoms with E-state index in [-0.39, 0.29) is 23.6 Å². The van der Waals surface area contributed by atoms with Crippen LogP contribution in [0.2, 0.25) is 0 Å². The Hall–Kier alpha value is -2.99. The van der Waals surface area contributed by atoms with Gasteiger partial charge in [-0.3, -0.25) is 9.59 Å². The lowest BCUT2D eigenvalue weighted by molar-refractivity contribution is -0.118. The third-order valence-electron chi connectivity index (χ3n) is 5.21. The lowest BCUT2D eigenvalue weighted by Gasteiger charge is -2.26. The summed E-state index contributed by atoms with van der Waals surface area (Å²) in [5.74, 6) is 0.738. The molecule has 0 fully saturated rings. The van der Waals surface area contributed by atoms with Crippen LogP contribution in [0, 0.1) is 0 Å². The average Bonchev–Trinajstić information content (AvgIpc) is 3.30. The van der Waals surface area contributed by atoms with Crippen LogP contribution in [0.15, 0.2) is 76.2 Å². The van der Waals surface area contributed by atoms with Gasteiger partial charge in [0.05, 0.1) is 30.2 Å². The van der Waals surface area contributed by atoms with Crippen LogP contribution in [0.4, 0.5) is 0 Å². The van der Waals surface area contributed by atoms with Crippen LogP contribution in [0.1, 0.15) is 46.1 Å². The first-order chi connectivity index (χ1) is 14.7. The van der Waals surface area contributed by atoms with Crippen molar-refractivity contribution in [1.82, 2.24) is 10.6 Å². The second-order valence-electron chi connectivity index (χ2n) is 7.26. The van der Waals surface area contributed by atoms with Gasteiger partial charge in [0.15, 0.2) is 0 Å². The first-order valence-electron chi connectivity index (χ1n) is 10.1. The van der Waals surface area contributed by atoms with Crippen LogP contribution in [-0.4, -0.2) is 17.6 Å². The number of aryl methyl sites for hydroxylation is 1. The van der Waals surface area contributed by atoms with Crippen molar-refractivity contribution in [3.63, 3.8) is 0 Å².